The highest BCUT2D eigenvalue weighted by molar-refractivity contribution is 5.82. The van der Waals surface area contributed by atoms with Crippen molar-refractivity contribution >= 4 is 0 Å². The first-order valence-electron chi connectivity index (χ1n) is 9.53. The lowest BCUT2D eigenvalue weighted by Crippen LogP contribution is -2.12. The van der Waals surface area contributed by atoms with Gasteiger partial charge in [-0.15, -0.1) is 0 Å². The zero-order valence-corrected chi connectivity index (χ0v) is 15.5. The molecule has 28 heavy (non-hydrogen) atoms. The lowest BCUT2D eigenvalue weighted by atomic mass is 9.96. The molecule has 5 rings (SSSR count). The number of fused-ring (bicyclic) bond motifs is 3. The molecule has 136 valence electrons. The van der Waals surface area contributed by atoms with Crippen LogP contribution in [0.2, 0.25) is 0 Å². The van der Waals surface area contributed by atoms with Crippen LogP contribution in [0.25, 0.3) is 33.4 Å². The van der Waals surface area contributed by atoms with Crippen molar-refractivity contribution in [3.63, 3.8) is 0 Å². The molecule has 0 aromatic heterocycles. The van der Waals surface area contributed by atoms with Crippen LogP contribution in [0.1, 0.15) is 0 Å². The Morgan fingerprint density at radius 3 is 1.29 bits per heavy atom. The maximum Gasteiger partial charge on any atom is 0.128 e. The van der Waals surface area contributed by atoms with E-state index in [0.29, 0.717) is 13.2 Å². The zero-order valence-electron chi connectivity index (χ0n) is 15.5. The topological polar surface area (TPSA) is 18.5 Å². The number of hydrogen-bond donors (Lipinski definition) is 0. The van der Waals surface area contributed by atoms with Crippen LogP contribution in [0, 0.1) is 0 Å². The van der Waals surface area contributed by atoms with Crippen LogP contribution in [0.5, 0.6) is 11.5 Å². The lowest BCUT2D eigenvalue weighted by molar-refractivity contribution is 0.214. The monoisotopic (exact) mass is 364 g/mol. The molecule has 0 saturated heterocycles. The van der Waals surface area contributed by atoms with Gasteiger partial charge in [-0.25, -0.2) is 0 Å². The minimum atomic E-state index is 0.528. The Morgan fingerprint density at radius 1 is 0.429 bits per heavy atom. The highest BCUT2D eigenvalue weighted by atomic mass is 16.5. The third-order valence-electron chi connectivity index (χ3n) is 5.07. The smallest absolute Gasteiger partial charge is 0.128 e. The average molecular weight is 364 g/mol. The Hall–Kier alpha value is -3.52. The van der Waals surface area contributed by atoms with E-state index in [1.807, 2.05) is 12.1 Å². The molecular weight excluding hydrogens is 344 g/mol. The standard InChI is InChI=1S/C26H20O2/c1-3-7-19(8-4-1)21-11-13-23-24-14-12-22(20-9-5-2-6-10-20)18-26(24)28-16-15-27-25(23)17-21/h1-14,17-18H,15-16H2. The van der Waals surface area contributed by atoms with Crippen LogP contribution < -0.4 is 9.47 Å². The SMILES string of the molecule is c1ccc(-c2ccc3c(c2)OCCOc2cc(-c4ccccc4)ccc2-3)cc1. The first-order chi connectivity index (χ1) is 13.9. The van der Waals surface area contributed by atoms with E-state index in [9.17, 15) is 0 Å². The van der Waals surface area contributed by atoms with Crippen molar-refractivity contribution < 1.29 is 9.47 Å². The molecule has 0 aliphatic carbocycles. The fraction of sp³-hybridized carbons (Fsp3) is 0.0769. The highest BCUT2D eigenvalue weighted by Crippen LogP contribution is 2.41. The zero-order chi connectivity index (χ0) is 18.8. The number of benzene rings is 4. The van der Waals surface area contributed by atoms with Crippen molar-refractivity contribution in [2.45, 2.75) is 0 Å². The Morgan fingerprint density at radius 2 is 0.857 bits per heavy atom. The van der Waals surface area contributed by atoms with Gasteiger partial charge in [0.1, 0.15) is 24.7 Å². The van der Waals surface area contributed by atoms with Gasteiger partial charge in [0.25, 0.3) is 0 Å². The summed E-state index contributed by atoms with van der Waals surface area (Å²) in [6, 6.07) is 33.6. The molecule has 0 amide bonds. The predicted octanol–water partition coefficient (Wildman–Crippen LogP) is 6.46. The van der Waals surface area contributed by atoms with Gasteiger partial charge in [0.15, 0.2) is 0 Å². The fourth-order valence-electron chi connectivity index (χ4n) is 3.65. The summed E-state index contributed by atoms with van der Waals surface area (Å²) < 4.78 is 12.1. The van der Waals surface area contributed by atoms with Crippen LogP contribution in [-0.4, -0.2) is 13.2 Å². The van der Waals surface area contributed by atoms with Gasteiger partial charge in [-0.05, 0) is 46.5 Å². The van der Waals surface area contributed by atoms with Crippen molar-refractivity contribution in [3.05, 3.63) is 97.1 Å². The normalized spacial score (nSPS) is 12.6. The minimum Gasteiger partial charge on any atom is -0.489 e. The number of rotatable bonds is 2. The van der Waals surface area contributed by atoms with Gasteiger partial charge < -0.3 is 9.47 Å². The summed E-state index contributed by atoms with van der Waals surface area (Å²) in [7, 11) is 0. The minimum absolute atomic E-state index is 0.528. The largest absolute Gasteiger partial charge is 0.489 e. The van der Waals surface area contributed by atoms with E-state index < -0.39 is 0 Å². The van der Waals surface area contributed by atoms with Crippen LogP contribution in [0.4, 0.5) is 0 Å². The maximum absolute atomic E-state index is 6.04. The molecule has 1 heterocycles. The molecule has 0 fully saturated rings. The molecular formula is C26H20O2. The second kappa shape index (κ2) is 7.24. The molecule has 0 atom stereocenters. The third kappa shape index (κ3) is 3.14. The molecule has 1 aliphatic rings. The fourth-order valence-corrected chi connectivity index (χ4v) is 3.65. The molecule has 0 spiro atoms. The van der Waals surface area contributed by atoms with Gasteiger partial charge in [-0.1, -0.05) is 72.8 Å². The summed E-state index contributed by atoms with van der Waals surface area (Å²) >= 11 is 0. The summed E-state index contributed by atoms with van der Waals surface area (Å²) in [6.07, 6.45) is 0. The molecule has 4 aromatic rings. The molecule has 4 aromatic carbocycles. The molecule has 0 saturated carbocycles. The Bertz CT molecular complexity index is 1010. The van der Waals surface area contributed by atoms with Crippen LogP contribution >= 0.6 is 0 Å². The molecule has 1 aliphatic heterocycles. The van der Waals surface area contributed by atoms with Gasteiger partial charge in [0.2, 0.25) is 0 Å². The second-order valence-electron chi connectivity index (χ2n) is 6.85. The van der Waals surface area contributed by atoms with E-state index in [4.69, 9.17) is 9.47 Å². The quantitative estimate of drug-likeness (QED) is 0.406. The number of hydrogen-bond acceptors (Lipinski definition) is 2. The molecule has 2 heteroatoms. The summed E-state index contributed by atoms with van der Waals surface area (Å²) in [6.45, 7) is 1.06. The van der Waals surface area contributed by atoms with Crippen molar-refractivity contribution in [1.82, 2.24) is 0 Å². The van der Waals surface area contributed by atoms with Gasteiger partial charge in [-0.2, -0.15) is 0 Å². The predicted molar refractivity (Wildman–Crippen MR) is 114 cm³/mol. The highest BCUT2D eigenvalue weighted by Gasteiger charge is 2.17. The summed E-state index contributed by atoms with van der Waals surface area (Å²) in [5, 5.41) is 0. The van der Waals surface area contributed by atoms with E-state index >= 15 is 0 Å². The summed E-state index contributed by atoms with van der Waals surface area (Å²) in [4.78, 5) is 0. The third-order valence-corrected chi connectivity index (χ3v) is 5.07. The first-order valence-corrected chi connectivity index (χ1v) is 9.53. The lowest BCUT2D eigenvalue weighted by Gasteiger charge is -2.21. The molecule has 0 unspecified atom stereocenters. The first kappa shape index (κ1) is 16.6. The van der Waals surface area contributed by atoms with E-state index in [2.05, 4.69) is 84.9 Å². The van der Waals surface area contributed by atoms with Crippen molar-refractivity contribution in [3.8, 4) is 44.9 Å². The molecule has 0 radical (unpaired) electrons. The van der Waals surface area contributed by atoms with E-state index in [0.717, 1.165) is 33.8 Å². The second-order valence-corrected chi connectivity index (χ2v) is 6.85. The Balaban J connectivity index is 1.60. The molecule has 0 N–H and O–H groups in total. The van der Waals surface area contributed by atoms with Crippen LogP contribution in [-0.2, 0) is 0 Å². The van der Waals surface area contributed by atoms with Crippen LogP contribution in [0.15, 0.2) is 97.1 Å². The van der Waals surface area contributed by atoms with E-state index in [-0.39, 0.29) is 0 Å². The van der Waals surface area contributed by atoms with E-state index in [1.54, 1.807) is 0 Å². The van der Waals surface area contributed by atoms with Crippen molar-refractivity contribution in [2.24, 2.45) is 0 Å². The Labute approximate surface area is 165 Å². The van der Waals surface area contributed by atoms with Crippen LogP contribution in [0.3, 0.4) is 0 Å². The van der Waals surface area contributed by atoms with Gasteiger partial charge in [-0.3, -0.25) is 0 Å². The van der Waals surface area contributed by atoms with Crippen molar-refractivity contribution in [1.29, 1.82) is 0 Å². The van der Waals surface area contributed by atoms with E-state index in [1.165, 1.54) is 11.1 Å². The maximum atomic E-state index is 6.04. The van der Waals surface area contributed by atoms with Gasteiger partial charge in [0.05, 0.1) is 0 Å². The summed E-state index contributed by atoms with van der Waals surface area (Å²) in [5.41, 5.74) is 6.81. The molecule has 0 bridgehead atoms. The van der Waals surface area contributed by atoms with Crippen molar-refractivity contribution in [2.75, 3.05) is 13.2 Å². The average Bonchev–Trinajstić information content (AvgIpc) is 2.76. The molecule has 2 nitrogen and oxygen atoms in total. The van der Waals surface area contributed by atoms with Gasteiger partial charge in [0, 0.05) is 11.1 Å². The van der Waals surface area contributed by atoms with Gasteiger partial charge >= 0.3 is 0 Å². The summed E-state index contributed by atoms with van der Waals surface area (Å²) in [5.74, 6) is 1.80. The Kier molecular flexibility index (Phi) is 4.30. The number of ether oxygens (including phenoxy) is 2.